The van der Waals surface area contributed by atoms with Crippen LogP contribution in [0.3, 0.4) is 0 Å². The van der Waals surface area contributed by atoms with E-state index in [9.17, 15) is 30.6 Å². The molecule has 182 valence electrons. The molecule has 2 saturated heterocycles. The van der Waals surface area contributed by atoms with E-state index in [0.29, 0.717) is 0 Å². The molecule has 3 rings (SSSR count). The molecular weight excluding hydrogens is 420 g/mol. The topological polar surface area (TPSA) is 262 Å². The van der Waals surface area contributed by atoms with E-state index < -0.39 is 92.2 Å². The van der Waals surface area contributed by atoms with E-state index in [1.165, 1.54) is 0 Å². The van der Waals surface area contributed by atoms with Crippen molar-refractivity contribution in [2.75, 3.05) is 13.2 Å². The van der Waals surface area contributed by atoms with Crippen LogP contribution in [-0.2, 0) is 18.9 Å². The van der Waals surface area contributed by atoms with E-state index in [0.717, 1.165) is 0 Å². The van der Waals surface area contributed by atoms with E-state index in [4.69, 9.17) is 41.9 Å². The molecule has 14 nitrogen and oxygen atoms in total. The second-order valence-electron chi connectivity index (χ2n) is 8.30. The molecule has 0 spiro atoms. The molecule has 0 radical (unpaired) electrons. The number of aliphatic hydroxyl groups excluding tert-OH is 6. The number of ether oxygens (including phenoxy) is 4. The Bertz CT molecular complexity index is 591. The molecular formula is C17H34N4O10. The monoisotopic (exact) mass is 454 g/mol. The lowest BCUT2D eigenvalue weighted by Crippen LogP contribution is -2.68. The van der Waals surface area contributed by atoms with Crippen LogP contribution < -0.4 is 22.9 Å². The molecule has 0 bridgehead atoms. The van der Waals surface area contributed by atoms with Crippen molar-refractivity contribution in [1.29, 1.82) is 0 Å². The molecule has 31 heavy (non-hydrogen) atoms. The van der Waals surface area contributed by atoms with Gasteiger partial charge in [0, 0.05) is 18.6 Å². The van der Waals surface area contributed by atoms with Crippen LogP contribution in [0.25, 0.3) is 0 Å². The quantitative estimate of drug-likeness (QED) is 0.179. The lowest BCUT2D eigenvalue weighted by atomic mass is 9.84. The molecule has 14 N–H and O–H groups in total. The highest BCUT2D eigenvalue weighted by Gasteiger charge is 2.52. The SMILES string of the molecule is NC[C@H]1O[C@H](O[C@@H]2[C@@H](O)[C@H](N)C[C@H](N)[C@H]2O[C@H]2O[C@H](CO)[C@@H](O)[C@H](O)[C@H]2N)[C@H](O)[C@@H]1O. The minimum absolute atomic E-state index is 0.0716. The third-order valence-corrected chi connectivity index (χ3v) is 6.13. The van der Waals surface area contributed by atoms with Gasteiger partial charge in [-0.15, -0.1) is 0 Å². The van der Waals surface area contributed by atoms with Crippen LogP contribution in [0.5, 0.6) is 0 Å². The molecule has 3 fully saturated rings. The Morgan fingerprint density at radius 3 is 1.87 bits per heavy atom. The van der Waals surface area contributed by atoms with Crippen molar-refractivity contribution < 1.29 is 49.6 Å². The molecule has 14 atom stereocenters. The van der Waals surface area contributed by atoms with Crippen LogP contribution in [-0.4, -0.2) is 129 Å². The predicted octanol–water partition coefficient (Wildman–Crippen LogP) is -6.65. The molecule has 1 saturated carbocycles. The van der Waals surface area contributed by atoms with Crippen molar-refractivity contribution in [3.05, 3.63) is 0 Å². The van der Waals surface area contributed by atoms with Gasteiger partial charge in [-0.1, -0.05) is 0 Å². The molecule has 2 heterocycles. The zero-order valence-electron chi connectivity index (χ0n) is 16.8. The van der Waals surface area contributed by atoms with Gasteiger partial charge < -0.3 is 72.5 Å². The average molecular weight is 454 g/mol. The Hall–Kier alpha value is -0.560. The summed E-state index contributed by atoms with van der Waals surface area (Å²) in [5.74, 6) is 0. The highest BCUT2D eigenvalue weighted by Crippen LogP contribution is 2.31. The lowest BCUT2D eigenvalue weighted by molar-refractivity contribution is -0.310. The second-order valence-corrected chi connectivity index (χ2v) is 8.30. The van der Waals surface area contributed by atoms with Crippen LogP contribution in [0.4, 0.5) is 0 Å². The Kier molecular flexibility index (Phi) is 8.21. The molecule has 0 amide bonds. The third kappa shape index (κ3) is 4.87. The lowest BCUT2D eigenvalue weighted by Gasteiger charge is -2.47. The number of nitrogens with two attached hydrogens (primary N) is 4. The van der Waals surface area contributed by atoms with Gasteiger partial charge in [0.05, 0.1) is 18.8 Å². The summed E-state index contributed by atoms with van der Waals surface area (Å²) in [6.07, 6.45) is -13.8. The maximum Gasteiger partial charge on any atom is 0.187 e. The summed E-state index contributed by atoms with van der Waals surface area (Å²) in [5.41, 5.74) is 23.6. The summed E-state index contributed by atoms with van der Waals surface area (Å²) >= 11 is 0. The van der Waals surface area contributed by atoms with Crippen molar-refractivity contribution in [1.82, 2.24) is 0 Å². The van der Waals surface area contributed by atoms with E-state index in [2.05, 4.69) is 0 Å². The Balaban J connectivity index is 1.78. The third-order valence-electron chi connectivity index (χ3n) is 6.13. The first-order chi connectivity index (χ1) is 14.6. The molecule has 0 aromatic rings. The highest BCUT2D eigenvalue weighted by atomic mass is 16.7. The average Bonchev–Trinajstić information content (AvgIpc) is 3.02. The number of rotatable bonds is 6. The molecule has 0 aromatic heterocycles. The van der Waals surface area contributed by atoms with Crippen molar-refractivity contribution in [3.63, 3.8) is 0 Å². The molecule has 1 aliphatic carbocycles. The fraction of sp³-hybridized carbons (Fsp3) is 1.00. The van der Waals surface area contributed by atoms with Gasteiger partial charge >= 0.3 is 0 Å². The van der Waals surface area contributed by atoms with Crippen LogP contribution in [0, 0.1) is 0 Å². The zero-order valence-corrected chi connectivity index (χ0v) is 16.8. The minimum Gasteiger partial charge on any atom is -0.394 e. The fourth-order valence-corrected chi connectivity index (χ4v) is 4.16. The molecule has 3 aliphatic rings. The Labute approximate surface area is 178 Å². The predicted molar refractivity (Wildman–Crippen MR) is 102 cm³/mol. The van der Waals surface area contributed by atoms with Crippen LogP contribution in [0.15, 0.2) is 0 Å². The second kappa shape index (κ2) is 10.1. The number of hydrogen-bond donors (Lipinski definition) is 10. The first-order valence-corrected chi connectivity index (χ1v) is 10.2. The summed E-state index contributed by atoms with van der Waals surface area (Å²) < 4.78 is 22.5. The smallest absolute Gasteiger partial charge is 0.187 e. The van der Waals surface area contributed by atoms with Gasteiger partial charge in [-0.3, -0.25) is 0 Å². The summed E-state index contributed by atoms with van der Waals surface area (Å²) in [6.45, 7) is -0.673. The van der Waals surface area contributed by atoms with Crippen LogP contribution >= 0.6 is 0 Å². The maximum atomic E-state index is 10.6. The van der Waals surface area contributed by atoms with E-state index in [1.807, 2.05) is 0 Å². The first-order valence-electron chi connectivity index (χ1n) is 10.2. The maximum absolute atomic E-state index is 10.6. The largest absolute Gasteiger partial charge is 0.394 e. The summed E-state index contributed by atoms with van der Waals surface area (Å²) in [4.78, 5) is 0. The Morgan fingerprint density at radius 1 is 0.710 bits per heavy atom. The molecule has 14 heteroatoms. The van der Waals surface area contributed by atoms with Gasteiger partial charge in [0.15, 0.2) is 12.6 Å². The van der Waals surface area contributed by atoms with Gasteiger partial charge in [0.25, 0.3) is 0 Å². The summed E-state index contributed by atoms with van der Waals surface area (Å²) in [6, 6.07) is -2.76. The van der Waals surface area contributed by atoms with Gasteiger partial charge in [0.2, 0.25) is 0 Å². The van der Waals surface area contributed by atoms with E-state index >= 15 is 0 Å². The Morgan fingerprint density at radius 2 is 1.29 bits per heavy atom. The van der Waals surface area contributed by atoms with Crippen molar-refractivity contribution in [2.24, 2.45) is 22.9 Å². The molecule has 0 unspecified atom stereocenters. The van der Waals surface area contributed by atoms with Crippen molar-refractivity contribution in [3.8, 4) is 0 Å². The minimum atomic E-state index is -1.46. The summed E-state index contributed by atoms with van der Waals surface area (Å²) in [5, 5.41) is 60.3. The van der Waals surface area contributed by atoms with Gasteiger partial charge in [-0.05, 0) is 6.42 Å². The first kappa shape index (κ1) is 25.1. The van der Waals surface area contributed by atoms with Crippen LogP contribution in [0.2, 0.25) is 0 Å². The van der Waals surface area contributed by atoms with E-state index in [1.54, 1.807) is 0 Å². The van der Waals surface area contributed by atoms with Crippen molar-refractivity contribution >= 4 is 0 Å². The normalized spacial score (nSPS) is 53.6. The fourth-order valence-electron chi connectivity index (χ4n) is 4.16. The standard InChI is InChI=1S/C17H34N4O10/c18-2-6-10(24)13(27)17(28-6)31-15-9(23)4(19)1-5(20)14(15)30-16-8(21)12(26)11(25)7(3-22)29-16/h4-17,22-27H,1-3,18-21H2/t4-,5+,6-,7-,8-,9+,10-,11-,12-,13-,14-,15-,16-,17-/m1/s1. The highest BCUT2D eigenvalue weighted by molar-refractivity contribution is 5.01. The molecule has 0 aromatic carbocycles. The van der Waals surface area contributed by atoms with Crippen molar-refractivity contribution in [2.45, 2.75) is 92.1 Å². The molecule has 2 aliphatic heterocycles. The van der Waals surface area contributed by atoms with Crippen LogP contribution in [0.1, 0.15) is 6.42 Å². The van der Waals surface area contributed by atoms with Gasteiger partial charge in [-0.2, -0.15) is 0 Å². The number of hydrogen-bond acceptors (Lipinski definition) is 14. The number of aliphatic hydroxyl groups is 6. The van der Waals surface area contributed by atoms with Gasteiger partial charge in [-0.25, -0.2) is 0 Å². The zero-order chi connectivity index (χ0) is 23.0. The van der Waals surface area contributed by atoms with E-state index in [-0.39, 0.29) is 13.0 Å². The summed E-state index contributed by atoms with van der Waals surface area (Å²) in [7, 11) is 0. The van der Waals surface area contributed by atoms with Gasteiger partial charge in [0.1, 0.15) is 48.8 Å².